The molecule has 1 aromatic carbocycles. The van der Waals surface area contributed by atoms with E-state index in [1.165, 1.54) is 5.56 Å². The van der Waals surface area contributed by atoms with Crippen LogP contribution < -0.4 is 0 Å². The summed E-state index contributed by atoms with van der Waals surface area (Å²) in [6.07, 6.45) is 6.29. The molecule has 0 amide bonds. The van der Waals surface area contributed by atoms with Gasteiger partial charge in [-0.3, -0.25) is 9.59 Å². The summed E-state index contributed by atoms with van der Waals surface area (Å²) in [5.41, 5.74) is 4.25. The molecule has 0 bridgehead atoms. The molecule has 2 aliphatic rings. The molecule has 0 aliphatic heterocycles. The molecule has 4 nitrogen and oxygen atoms in total. The standard InChI is InChI=1S/C29H42O4/c1-17(2)32-23-11-9-21(10-12-23)15-22-16-24(33-28(31)29(6,7)8)26(27(22)30)25-19(4)13-18(3)14-20(25)5/h13-14,17,21-23H,9-12,15-16H2,1-8H3. The lowest BCUT2D eigenvalue weighted by Gasteiger charge is -2.31. The quantitative estimate of drug-likeness (QED) is 0.440. The van der Waals surface area contributed by atoms with Gasteiger partial charge in [-0.15, -0.1) is 0 Å². The van der Waals surface area contributed by atoms with E-state index in [2.05, 4.69) is 32.9 Å². The number of esters is 1. The predicted molar refractivity (Wildman–Crippen MR) is 133 cm³/mol. The molecule has 33 heavy (non-hydrogen) atoms. The molecule has 0 N–H and O–H groups in total. The van der Waals surface area contributed by atoms with Crippen LogP contribution >= 0.6 is 0 Å². The molecule has 0 saturated heterocycles. The predicted octanol–water partition coefficient (Wildman–Crippen LogP) is 6.88. The van der Waals surface area contributed by atoms with Crippen LogP contribution in [0.3, 0.4) is 0 Å². The normalized spacial score (nSPS) is 24.0. The van der Waals surface area contributed by atoms with E-state index >= 15 is 0 Å². The molecule has 1 aromatic rings. The molecule has 1 fully saturated rings. The van der Waals surface area contributed by atoms with Crippen molar-refractivity contribution < 1.29 is 19.1 Å². The van der Waals surface area contributed by atoms with Gasteiger partial charge in [-0.1, -0.05) is 17.7 Å². The molecule has 0 aromatic heterocycles. The van der Waals surface area contributed by atoms with E-state index in [9.17, 15) is 9.59 Å². The molecule has 3 rings (SSSR count). The SMILES string of the molecule is Cc1cc(C)c(C2=C(OC(=O)C(C)(C)C)CC(CC3CCC(OC(C)C)CC3)C2=O)c(C)c1. The highest BCUT2D eigenvalue weighted by Gasteiger charge is 2.40. The lowest BCUT2D eigenvalue weighted by atomic mass is 9.80. The molecule has 0 heterocycles. The average Bonchev–Trinajstić information content (AvgIpc) is 2.97. The second kappa shape index (κ2) is 10.1. The number of Topliss-reactive ketones (excluding diaryl/α,β-unsaturated/α-hetero) is 1. The van der Waals surface area contributed by atoms with Gasteiger partial charge in [0.25, 0.3) is 0 Å². The van der Waals surface area contributed by atoms with E-state index < -0.39 is 5.41 Å². The first kappa shape index (κ1) is 25.7. The van der Waals surface area contributed by atoms with E-state index in [0.29, 0.717) is 29.8 Å². The zero-order chi connectivity index (χ0) is 24.5. The number of rotatable bonds is 6. The molecule has 182 valence electrons. The molecule has 1 unspecified atom stereocenters. The van der Waals surface area contributed by atoms with E-state index in [0.717, 1.165) is 48.8 Å². The fourth-order valence-corrected chi connectivity index (χ4v) is 5.44. The number of aryl methyl sites for hydroxylation is 3. The van der Waals surface area contributed by atoms with Gasteiger partial charge in [0.05, 0.1) is 23.2 Å². The first-order valence-electron chi connectivity index (χ1n) is 12.6. The van der Waals surface area contributed by atoms with Gasteiger partial charge >= 0.3 is 5.97 Å². The molecule has 2 aliphatic carbocycles. The second-order valence-corrected chi connectivity index (χ2v) is 11.5. The van der Waals surface area contributed by atoms with E-state index in [1.807, 2.05) is 34.6 Å². The summed E-state index contributed by atoms with van der Waals surface area (Å²) in [7, 11) is 0. The Labute approximate surface area is 200 Å². The highest BCUT2D eigenvalue weighted by Crippen LogP contribution is 2.43. The van der Waals surface area contributed by atoms with Gasteiger partial charge in [0.2, 0.25) is 0 Å². The third kappa shape index (κ3) is 6.15. The maximum atomic E-state index is 13.7. The Bertz CT molecular complexity index is 900. The van der Waals surface area contributed by atoms with Gasteiger partial charge in [-0.2, -0.15) is 0 Å². The van der Waals surface area contributed by atoms with Gasteiger partial charge in [0, 0.05) is 12.3 Å². The topological polar surface area (TPSA) is 52.6 Å². The lowest BCUT2D eigenvalue weighted by Crippen LogP contribution is -2.26. The first-order chi connectivity index (χ1) is 15.4. The van der Waals surface area contributed by atoms with Crippen molar-refractivity contribution in [2.24, 2.45) is 17.3 Å². The van der Waals surface area contributed by atoms with Crippen LogP contribution in [-0.4, -0.2) is 24.0 Å². The highest BCUT2D eigenvalue weighted by atomic mass is 16.5. The number of ketones is 1. The minimum atomic E-state index is -0.620. The van der Waals surface area contributed by atoms with Crippen molar-refractivity contribution in [1.82, 2.24) is 0 Å². The fourth-order valence-electron chi connectivity index (χ4n) is 5.44. The largest absolute Gasteiger partial charge is 0.430 e. The minimum absolute atomic E-state index is 0.115. The van der Waals surface area contributed by atoms with Crippen LogP contribution in [-0.2, 0) is 19.1 Å². The Morgan fingerprint density at radius 1 is 1.03 bits per heavy atom. The van der Waals surface area contributed by atoms with Crippen LogP contribution in [0.5, 0.6) is 0 Å². The van der Waals surface area contributed by atoms with Crippen molar-refractivity contribution in [3.63, 3.8) is 0 Å². The third-order valence-corrected chi connectivity index (χ3v) is 6.96. The number of carbonyl (C=O) groups excluding carboxylic acids is 2. The van der Waals surface area contributed by atoms with Crippen LogP contribution in [0.4, 0.5) is 0 Å². The number of ether oxygens (including phenoxy) is 2. The first-order valence-corrected chi connectivity index (χ1v) is 12.6. The maximum absolute atomic E-state index is 13.7. The Balaban J connectivity index is 1.83. The third-order valence-electron chi connectivity index (χ3n) is 6.96. The Morgan fingerprint density at radius 3 is 2.12 bits per heavy atom. The van der Waals surface area contributed by atoms with E-state index in [-0.39, 0.29) is 23.8 Å². The molecular weight excluding hydrogens is 412 g/mol. The van der Waals surface area contributed by atoms with Crippen LogP contribution in [0.15, 0.2) is 17.9 Å². The Kier molecular flexibility index (Phi) is 7.88. The number of carbonyl (C=O) groups is 2. The molecule has 0 radical (unpaired) electrons. The number of benzene rings is 1. The summed E-state index contributed by atoms with van der Waals surface area (Å²) >= 11 is 0. The van der Waals surface area contributed by atoms with Gasteiger partial charge in [0.1, 0.15) is 5.76 Å². The lowest BCUT2D eigenvalue weighted by molar-refractivity contribution is -0.148. The van der Waals surface area contributed by atoms with Crippen molar-refractivity contribution in [2.75, 3.05) is 0 Å². The molecule has 1 atom stereocenters. The van der Waals surface area contributed by atoms with Gasteiger partial charge < -0.3 is 9.47 Å². The minimum Gasteiger partial charge on any atom is -0.430 e. The maximum Gasteiger partial charge on any atom is 0.316 e. The van der Waals surface area contributed by atoms with Crippen molar-refractivity contribution in [3.05, 3.63) is 40.1 Å². The zero-order valence-corrected chi connectivity index (χ0v) is 21.8. The summed E-state index contributed by atoms with van der Waals surface area (Å²) in [4.78, 5) is 26.5. The Hall–Kier alpha value is -1.94. The molecular formula is C29H42O4. The smallest absolute Gasteiger partial charge is 0.316 e. The van der Waals surface area contributed by atoms with Crippen LogP contribution in [0.2, 0.25) is 0 Å². The molecule has 4 heteroatoms. The van der Waals surface area contributed by atoms with Gasteiger partial charge in [0.15, 0.2) is 5.78 Å². The van der Waals surface area contributed by atoms with E-state index in [1.54, 1.807) is 0 Å². The summed E-state index contributed by atoms with van der Waals surface area (Å²) in [6, 6.07) is 4.21. The fraction of sp³-hybridized carbons (Fsp3) is 0.655. The van der Waals surface area contributed by atoms with Crippen molar-refractivity contribution in [2.45, 2.75) is 106 Å². The molecule has 1 saturated carbocycles. The second-order valence-electron chi connectivity index (χ2n) is 11.5. The van der Waals surface area contributed by atoms with Crippen molar-refractivity contribution in [1.29, 1.82) is 0 Å². The summed E-state index contributed by atoms with van der Waals surface area (Å²) in [5, 5.41) is 0. The van der Waals surface area contributed by atoms with Crippen LogP contribution in [0.1, 0.15) is 95.4 Å². The summed E-state index contributed by atoms with van der Waals surface area (Å²) in [5.74, 6) is 0.830. The van der Waals surface area contributed by atoms with Crippen molar-refractivity contribution >= 4 is 17.3 Å². The Morgan fingerprint density at radius 2 is 1.61 bits per heavy atom. The highest BCUT2D eigenvalue weighted by molar-refractivity contribution is 6.25. The van der Waals surface area contributed by atoms with Gasteiger partial charge in [-0.25, -0.2) is 0 Å². The van der Waals surface area contributed by atoms with E-state index in [4.69, 9.17) is 9.47 Å². The summed E-state index contributed by atoms with van der Waals surface area (Å²) in [6.45, 7) is 15.9. The average molecular weight is 455 g/mol. The number of hydrogen-bond donors (Lipinski definition) is 0. The van der Waals surface area contributed by atoms with Gasteiger partial charge in [-0.05, 0) is 110 Å². The molecule has 0 spiro atoms. The summed E-state index contributed by atoms with van der Waals surface area (Å²) < 4.78 is 11.9. The zero-order valence-electron chi connectivity index (χ0n) is 21.8. The number of hydrogen-bond acceptors (Lipinski definition) is 4. The number of allylic oxidation sites excluding steroid dienone is 2. The van der Waals surface area contributed by atoms with Crippen LogP contribution in [0.25, 0.3) is 5.57 Å². The van der Waals surface area contributed by atoms with Crippen molar-refractivity contribution in [3.8, 4) is 0 Å². The monoisotopic (exact) mass is 454 g/mol. The van der Waals surface area contributed by atoms with Crippen LogP contribution in [0, 0.1) is 38.0 Å².